The van der Waals surface area contributed by atoms with Gasteiger partial charge in [0, 0.05) is 5.56 Å². The monoisotopic (exact) mass is 402 g/mol. The molecule has 1 rings (SSSR count). The minimum atomic E-state index is -3.49. The van der Waals surface area contributed by atoms with Crippen molar-refractivity contribution in [3.63, 3.8) is 0 Å². The Morgan fingerprint density at radius 3 is 2.41 bits per heavy atom. The highest BCUT2D eigenvalue weighted by atomic mass is 32.2. The van der Waals surface area contributed by atoms with Crippen molar-refractivity contribution in [3.05, 3.63) is 23.3 Å². The van der Waals surface area contributed by atoms with E-state index < -0.39 is 10.1 Å². The van der Waals surface area contributed by atoms with Gasteiger partial charge in [-0.1, -0.05) is 13.3 Å². The summed E-state index contributed by atoms with van der Waals surface area (Å²) in [5.41, 5.74) is 1.16. The van der Waals surface area contributed by atoms with E-state index in [0.717, 1.165) is 18.2 Å². The average Bonchev–Trinajstić information content (AvgIpc) is 2.59. The van der Waals surface area contributed by atoms with Crippen molar-refractivity contribution < 1.29 is 36.4 Å². The van der Waals surface area contributed by atoms with Crippen LogP contribution in [0.4, 0.5) is 0 Å². The van der Waals surface area contributed by atoms with E-state index in [9.17, 15) is 18.0 Å². The van der Waals surface area contributed by atoms with Gasteiger partial charge >= 0.3 is 0 Å². The summed E-state index contributed by atoms with van der Waals surface area (Å²) >= 11 is 0. The maximum absolute atomic E-state index is 11.9. The van der Waals surface area contributed by atoms with Crippen LogP contribution in [0.25, 0.3) is 0 Å². The molecule has 0 saturated heterocycles. The number of aldehydes is 1. The largest absolute Gasteiger partial charge is 0.490 e. The molecule has 8 nitrogen and oxygen atoms in total. The first-order chi connectivity index (χ1) is 12.8. The Morgan fingerprint density at radius 2 is 1.81 bits per heavy atom. The summed E-state index contributed by atoms with van der Waals surface area (Å²) in [5, 5.41) is 0. The molecule has 27 heavy (non-hydrogen) atoms. The normalized spacial score (nSPS) is 11.2. The summed E-state index contributed by atoms with van der Waals surface area (Å²) in [4.78, 5) is 22.5. The number of carbonyl (C=O) groups excluding carboxylic acids is 2. The lowest BCUT2D eigenvalue weighted by atomic mass is 10.0. The van der Waals surface area contributed by atoms with E-state index in [1.807, 2.05) is 6.92 Å². The number of hydrogen-bond donors (Lipinski definition) is 0. The fourth-order valence-electron chi connectivity index (χ4n) is 2.35. The number of ether oxygens (including phenoxy) is 3. The highest BCUT2D eigenvalue weighted by molar-refractivity contribution is 7.85. The number of hydrogen-bond acceptors (Lipinski definition) is 8. The topological polar surface area (TPSA) is 105 Å². The van der Waals surface area contributed by atoms with E-state index in [0.29, 0.717) is 29.8 Å². The van der Waals surface area contributed by atoms with E-state index in [-0.39, 0.29) is 38.8 Å². The van der Waals surface area contributed by atoms with Crippen LogP contribution in [0.1, 0.15) is 36.2 Å². The molecule has 0 aliphatic rings. The third kappa shape index (κ3) is 8.51. The summed E-state index contributed by atoms with van der Waals surface area (Å²) in [5.74, 6) is 0.780. The first-order valence-corrected chi connectivity index (χ1v) is 10.4. The third-order valence-electron chi connectivity index (χ3n) is 3.40. The number of carbonyl (C=O) groups is 2. The smallest absolute Gasteiger partial charge is 0.264 e. The zero-order valence-electron chi connectivity index (χ0n) is 15.9. The number of ketones is 1. The van der Waals surface area contributed by atoms with Gasteiger partial charge in [0.05, 0.1) is 31.6 Å². The molecule has 1 aromatic rings. The van der Waals surface area contributed by atoms with Crippen molar-refractivity contribution in [2.75, 3.05) is 39.3 Å². The molecule has 0 fully saturated rings. The molecule has 0 heterocycles. The lowest BCUT2D eigenvalue weighted by Gasteiger charge is -2.18. The van der Waals surface area contributed by atoms with Crippen LogP contribution >= 0.6 is 0 Å². The molecule has 0 aliphatic heterocycles. The van der Waals surface area contributed by atoms with Crippen LogP contribution in [0.3, 0.4) is 0 Å². The molecule has 0 aliphatic carbocycles. The Labute approximate surface area is 159 Å². The van der Waals surface area contributed by atoms with Crippen molar-refractivity contribution in [1.29, 1.82) is 0 Å². The molecule has 0 aromatic heterocycles. The molecule has 1 aromatic carbocycles. The summed E-state index contributed by atoms with van der Waals surface area (Å²) in [6, 6.07) is 3.27. The third-order valence-corrected chi connectivity index (χ3v) is 4.00. The van der Waals surface area contributed by atoms with Crippen LogP contribution in [0.5, 0.6) is 11.5 Å². The molecule has 9 heteroatoms. The molecule has 0 atom stereocenters. The SMILES string of the molecule is CCCc1c(OCC=O)ccc(C(C)=O)c1OCCOCCOS(C)(=O)=O. The second kappa shape index (κ2) is 11.7. The van der Waals surface area contributed by atoms with Crippen LogP contribution in [0.15, 0.2) is 12.1 Å². The van der Waals surface area contributed by atoms with Gasteiger partial charge in [0.15, 0.2) is 12.1 Å². The minimum Gasteiger partial charge on any atom is -0.490 e. The molecular formula is C18H26O8S. The van der Waals surface area contributed by atoms with Crippen molar-refractivity contribution in [2.24, 2.45) is 0 Å². The summed E-state index contributed by atoms with van der Waals surface area (Å²) in [6.45, 7) is 3.72. The van der Waals surface area contributed by atoms with Crippen molar-refractivity contribution >= 4 is 22.2 Å². The number of rotatable bonds is 14. The highest BCUT2D eigenvalue weighted by Gasteiger charge is 2.18. The van der Waals surface area contributed by atoms with E-state index in [1.165, 1.54) is 6.92 Å². The Bertz CT molecular complexity index is 727. The lowest BCUT2D eigenvalue weighted by Crippen LogP contribution is -2.15. The second-order valence-corrected chi connectivity index (χ2v) is 7.33. The molecular weight excluding hydrogens is 376 g/mol. The van der Waals surface area contributed by atoms with Gasteiger partial charge in [0.1, 0.15) is 24.7 Å². The van der Waals surface area contributed by atoms with Gasteiger partial charge in [-0.3, -0.25) is 13.8 Å². The lowest BCUT2D eigenvalue weighted by molar-refractivity contribution is -0.109. The summed E-state index contributed by atoms with van der Waals surface area (Å²) in [6.07, 6.45) is 3.04. The molecule has 0 unspecified atom stereocenters. The predicted molar refractivity (Wildman–Crippen MR) is 99.1 cm³/mol. The van der Waals surface area contributed by atoms with Crippen LogP contribution < -0.4 is 9.47 Å². The predicted octanol–water partition coefficient (Wildman–Crippen LogP) is 1.79. The van der Waals surface area contributed by atoms with Gasteiger partial charge in [-0.2, -0.15) is 8.42 Å². The molecule has 0 saturated carbocycles. The van der Waals surface area contributed by atoms with Crippen LogP contribution in [0, 0.1) is 0 Å². The first kappa shape index (κ1) is 23.1. The van der Waals surface area contributed by atoms with Gasteiger partial charge < -0.3 is 14.2 Å². The second-order valence-electron chi connectivity index (χ2n) is 5.69. The molecule has 0 bridgehead atoms. The Morgan fingerprint density at radius 1 is 1.11 bits per heavy atom. The number of benzene rings is 1. The fourth-order valence-corrected chi connectivity index (χ4v) is 2.72. The first-order valence-electron chi connectivity index (χ1n) is 8.58. The van der Waals surface area contributed by atoms with Crippen LogP contribution in [-0.4, -0.2) is 59.8 Å². The van der Waals surface area contributed by atoms with E-state index in [2.05, 4.69) is 4.18 Å². The Kier molecular flexibility index (Phi) is 9.98. The highest BCUT2D eigenvalue weighted by Crippen LogP contribution is 2.34. The fraction of sp³-hybridized carbons (Fsp3) is 0.556. The zero-order chi connectivity index (χ0) is 20.3. The van der Waals surface area contributed by atoms with Crippen LogP contribution in [-0.2, 0) is 30.3 Å². The van der Waals surface area contributed by atoms with E-state index in [1.54, 1.807) is 12.1 Å². The Balaban J connectivity index is 2.77. The van der Waals surface area contributed by atoms with Gasteiger partial charge in [-0.25, -0.2) is 0 Å². The van der Waals surface area contributed by atoms with Crippen LogP contribution in [0.2, 0.25) is 0 Å². The molecule has 0 radical (unpaired) electrons. The van der Waals surface area contributed by atoms with Crippen molar-refractivity contribution in [3.8, 4) is 11.5 Å². The average molecular weight is 402 g/mol. The van der Waals surface area contributed by atoms with Gasteiger partial charge in [-0.05, 0) is 25.5 Å². The minimum absolute atomic E-state index is 0.0758. The van der Waals surface area contributed by atoms with Crippen molar-refractivity contribution in [1.82, 2.24) is 0 Å². The van der Waals surface area contributed by atoms with E-state index in [4.69, 9.17) is 14.2 Å². The maximum atomic E-state index is 11.9. The summed E-state index contributed by atoms with van der Waals surface area (Å²) < 4.78 is 42.7. The number of Topliss-reactive ketones (excluding diaryl/α,β-unsaturated/α-hetero) is 1. The Hall–Kier alpha value is -1.97. The van der Waals surface area contributed by atoms with E-state index >= 15 is 0 Å². The molecule has 0 amide bonds. The summed E-state index contributed by atoms with van der Waals surface area (Å²) in [7, 11) is -3.49. The maximum Gasteiger partial charge on any atom is 0.264 e. The molecule has 152 valence electrons. The van der Waals surface area contributed by atoms with Crippen molar-refractivity contribution in [2.45, 2.75) is 26.7 Å². The zero-order valence-corrected chi connectivity index (χ0v) is 16.7. The van der Waals surface area contributed by atoms with Gasteiger partial charge in [0.2, 0.25) is 0 Å². The standard InChI is InChI=1S/C18H26O8S/c1-4-5-16-17(24-9-8-19)7-6-15(14(2)20)18(16)25-12-10-23-11-13-26-27(3,21)22/h6-8H,4-5,9-13H2,1-3H3. The quantitative estimate of drug-likeness (QED) is 0.201. The van der Waals surface area contributed by atoms with Gasteiger partial charge in [0.25, 0.3) is 10.1 Å². The molecule has 0 spiro atoms. The molecule has 0 N–H and O–H groups in total. The van der Waals surface area contributed by atoms with Gasteiger partial charge in [-0.15, -0.1) is 0 Å².